The number of carbonyl (C=O) groups excluding carboxylic acids is 1. The average molecular weight is 360 g/mol. The summed E-state index contributed by atoms with van der Waals surface area (Å²) in [4.78, 5) is 12.4. The van der Waals surface area contributed by atoms with Gasteiger partial charge in [-0.15, -0.1) is 0 Å². The standard InChI is InChI=1S/C15H22BrNO4/c1-9(2)11(8-16)17-15(18)10-6-12(19-3)14(21-5)13(7-10)20-4/h6-7,9,11H,8H2,1-5H3,(H,17,18). The van der Waals surface area contributed by atoms with Crippen LogP contribution >= 0.6 is 15.9 Å². The van der Waals surface area contributed by atoms with E-state index in [9.17, 15) is 4.79 Å². The van der Waals surface area contributed by atoms with Crippen LogP contribution in [0.15, 0.2) is 12.1 Å². The number of hydrogen-bond donors (Lipinski definition) is 1. The van der Waals surface area contributed by atoms with Crippen LogP contribution in [0.5, 0.6) is 17.2 Å². The second-order valence-electron chi connectivity index (χ2n) is 4.89. The van der Waals surface area contributed by atoms with Gasteiger partial charge in [-0.2, -0.15) is 0 Å². The van der Waals surface area contributed by atoms with Crippen molar-refractivity contribution in [1.29, 1.82) is 0 Å². The highest BCUT2D eigenvalue weighted by Gasteiger charge is 2.20. The Bertz CT molecular complexity index is 466. The summed E-state index contributed by atoms with van der Waals surface area (Å²) in [6, 6.07) is 3.33. The molecule has 0 radical (unpaired) electrons. The normalized spacial score (nSPS) is 12.0. The van der Waals surface area contributed by atoms with Gasteiger partial charge >= 0.3 is 0 Å². The monoisotopic (exact) mass is 359 g/mol. The van der Waals surface area contributed by atoms with Crippen molar-refractivity contribution in [2.45, 2.75) is 19.9 Å². The Morgan fingerprint density at radius 2 is 1.67 bits per heavy atom. The first kappa shape index (κ1) is 17.6. The molecular formula is C15H22BrNO4. The predicted molar refractivity (Wildman–Crippen MR) is 86.0 cm³/mol. The van der Waals surface area contributed by atoms with Crippen molar-refractivity contribution in [3.05, 3.63) is 17.7 Å². The Labute approximate surface area is 134 Å². The van der Waals surface area contributed by atoms with Crippen molar-refractivity contribution in [2.75, 3.05) is 26.7 Å². The summed E-state index contributed by atoms with van der Waals surface area (Å²) in [5.74, 6) is 1.55. The zero-order valence-corrected chi connectivity index (χ0v) is 14.6. The van der Waals surface area contributed by atoms with Gasteiger partial charge in [0.1, 0.15) is 0 Å². The number of benzene rings is 1. The number of nitrogens with one attached hydrogen (secondary N) is 1. The molecule has 1 amide bonds. The van der Waals surface area contributed by atoms with Crippen LogP contribution in [-0.2, 0) is 0 Å². The molecule has 0 aromatic heterocycles. The highest BCUT2D eigenvalue weighted by Crippen LogP contribution is 2.38. The van der Waals surface area contributed by atoms with Crippen molar-refractivity contribution >= 4 is 21.8 Å². The van der Waals surface area contributed by atoms with Gasteiger partial charge in [0.25, 0.3) is 5.91 Å². The van der Waals surface area contributed by atoms with Gasteiger partial charge in [0, 0.05) is 16.9 Å². The number of ether oxygens (including phenoxy) is 3. The zero-order chi connectivity index (χ0) is 16.0. The number of carbonyl (C=O) groups is 1. The third-order valence-electron chi connectivity index (χ3n) is 3.21. The molecule has 0 aliphatic carbocycles. The predicted octanol–water partition coefficient (Wildman–Crippen LogP) is 2.86. The van der Waals surface area contributed by atoms with E-state index in [-0.39, 0.29) is 11.9 Å². The summed E-state index contributed by atoms with van der Waals surface area (Å²) < 4.78 is 15.8. The summed E-state index contributed by atoms with van der Waals surface area (Å²) in [5.41, 5.74) is 0.469. The highest BCUT2D eigenvalue weighted by molar-refractivity contribution is 9.09. The Morgan fingerprint density at radius 1 is 1.14 bits per heavy atom. The van der Waals surface area contributed by atoms with Crippen LogP contribution in [0.1, 0.15) is 24.2 Å². The molecule has 6 heteroatoms. The molecule has 0 saturated carbocycles. The third kappa shape index (κ3) is 4.27. The van der Waals surface area contributed by atoms with Gasteiger partial charge in [-0.3, -0.25) is 4.79 Å². The van der Waals surface area contributed by atoms with Gasteiger partial charge < -0.3 is 19.5 Å². The van der Waals surface area contributed by atoms with Gasteiger partial charge in [-0.05, 0) is 18.1 Å². The number of halogens is 1. The van der Waals surface area contributed by atoms with E-state index < -0.39 is 0 Å². The first-order valence-electron chi connectivity index (χ1n) is 6.65. The van der Waals surface area contributed by atoms with E-state index in [1.165, 1.54) is 21.3 Å². The molecule has 0 fully saturated rings. The van der Waals surface area contributed by atoms with Crippen molar-refractivity contribution in [3.8, 4) is 17.2 Å². The summed E-state index contributed by atoms with van der Waals surface area (Å²) in [5, 5.41) is 3.68. The SMILES string of the molecule is COc1cc(C(=O)NC(CBr)C(C)C)cc(OC)c1OC. The average Bonchev–Trinajstić information content (AvgIpc) is 2.50. The lowest BCUT2D eigenvalue weighted by atomic mass is 10.1. The van der Waals surface area contributed by atoms with E-state index in [1.807, 2.05) is 0 Å². The zero-order valence-electron chi connectivity index (χ0n) is 13.0. The number of hydrogen-bond acceptors (Lipinski definition) is 4. The largest absolute Gasteiger partial charge is 0.493 e. The Kier molecular flexibility index (Phi) is 6.81. The molecular weight excluding hydrogens is 338 g/mol. The maximum atomic E-state index is 12.4. The quantitative estimate of drug-likeness (QED) is 0.760. The molecule has 1 aromatic rings. The van der Waals surface area contributed by atoms with E-state index in [0.717, 1.165) is 0 Å². The molecule has 1 aromatic carbocycles. The van der Waals surface area contributed by atoms with Gasteiger partial charge in [-0.1, -0.05) is 29.8 Å². The molecule has 1 N–H and O–H groups in total. The van der Waals surface area contributed by atoms with Crippen LogP contribution in [0.4, 0.5) is 0 Å². The topological polar surface area (TPSA) is 56.8 Å². The first-order valence-corrected chi connectivity index (χ1v) is 7.77. The second kappa shape index (κ2) is 8.12. The van der Waals surface area contributed by atoms with Crippen LogP contribution in [0, 0.1) is 5.92 Å². The minimum absolute atomic E-state index is 0.0524. The molecule has 0 heterocycles. The highest BCUT2D eigenvalue weighted by atomic mass is 79.9. The molecule has 5 nitrogen and oxygen atoms in total. The summed E-state index contributed by atoms with van der Waals surface area (Å²) >= 11 is 3.41. The van der Waals surface area contributed by atoms with Crippen molar-refractivity contribution in [1.82, 2.24) is 5.32 Å². The Hall–Kier alpha value is -1.43. The summed E-state index contributed by atoms with van der Waals surface area (Å²) in [6.07, 6.45) is 0. The number of alkyl halides is 1. The van der Waals surface area contributed by atoms with E-state index in [0.29, 0.717) is 34.1 Å². The third-order valence-corrected chi connectivity index (χ3v) is 3.91. The van der Waals surface area contributed by atoms with E-state index in [4.69, 9.17) is 14.2 Å². The maximum Gasteiger partial charge on any atom is 0.251 e. The second-order valence-corrected chi connectivity index (χ2v) is 5.54. The van der Waals surface area contributed by atoms with Crippen LogP contribution in [0.2, 0.25) is 0 Å². The minimum Gasteiger partial charge on any atom is -0.493 e. The van der Waals surface area contributed by atoms with E-state index >= 15 is 0 Å². The van der Waals surface area contributed by atoms with Crippen molar-refractivity contribution in [3.63, 3.8) is 0 Å². The van der Waals surface area contributed by atoms with Crippen LogP contribution in [0.3, 0.4) is 0 Å². The van der Waals surface area contributed by atoms with Crippen molar-refractivity contribution < 1.29 is 19.0 Å². The first-order chi connectivity index (χ1) is 9.98. The molecule has 1 atom stereocenters. The van der Waals surface area contributed by atoms with Crippen LogP contribution in [0.25, 0.3) is 0 Å². The summed E-state index contributed by atoms with van der Waals surface area (Å²) in [7, 11) is 4.57. The Balaban J connectivity index is 3.10. The van der Waals surface area contributed by atoms with Gasteiger partial charge in [-0.25, -0.2) is 0 Å². The fourth-order valence-electron chi connectivity index (χ4n) is 1.85. The van der Waals surface area contributed by atoms with Gasteiger partial charge in [0.15, 0.2) is 11.5 Å². The molecule has 0 aliphatic rings. The fourth-order valence-corrected chi connectivity index (χ4v) is 2.76. The Morgan fingerprint density at radius 3 is 2.00 bits per heavy atom. The lowest BCUT2D eigenvalue weighted by molar-refractivity contribution is 0.0931. The summed E-state index contributed by atoms with van der Waals surface area (Å²) in [6.45, 7) is 4.11. The van der Waals surface area contributed by atoms with E-state index in [2.05, 4.69) is 35.1 Å². The van der Waals surface area contributed by atoms with Gasteiger partial charge in [0.2, 0.25) is 5.75 Å². The smallest absolute Gasteiger partial charge is 0.251 e. The van der Waals surface area contributed by atoms with E-state index in [1.54, 1.807) is 12.1 Å². The molecule has 0 saturated heterocycles. The van der Waals surface area contributed by atoms with Crippen LogP contribution in [-0.4, -0.2) is 38.6 Å². The number of methoxy groups -OCH3 is 3. The lowest BCUT2D eigenvalue weighted by Crippen LogP contribution is -2.39. The molecule has 21 heavy (non-hydrogen) atoms. The molecule has 1 unspecified atom stereocenters. The molecule has 0 aliphatic heterocycles. The van der Waals surface area contributed by atoms with Crippen molar-refractivity contribution in [2.24, 2.45) is 5.92 Å². The lowest BCUT2D eigenvalue weighted by Gasteiger charge is -2.20. The van der Waals surface area contributed by atoms with Gasteiger partial charge in [0.05, 0.1) is 21.3 Å². The number of rotatable bonds is 7. The molecule has 0 bridgehead atoms. The van der Waals surface area contributed by atoms with Crippen LogP contribution < -0.4 is 19.5 Å². The molecule has 1 rings (SSSR count). The molecule has 118 valence electrons. The fraction of sp³-hybridized carbons (Fsp3) is 0.533. The molecule has 0 spiro atoms. The number of amides is 1. The minimum atomic E-state index is -0.174. The maximum absolute atomic E-state index is 12.4.